The molecular formula is C29H30N4. The summed E-state index contributed by atoms with van der Waals surface area (Å²) in [6, 6.07) is 26.1. The number of aromatic nitrogens is 2. The number of anilines is 1. The predicted octanol–water partition coefficient (Wildman–Crippen LogP) is 5.73. The highest BCUT2D eigenvalue weighted by Gasteiger charge is 2.27. The summed E-state index contributed by atoms with van der Waals surface area (Å²) in [4.78, 5) is 14.4. The molecule has 1 aromatic heterocycles. The molecule has 0 spiro atoms. The van der Waals surface area contributed by atoms with E-state index >= 15 is 0 Å². The molecule has 4 aromatic rings. The van der Waals surface area contributed by atoms with Gasteiger partial charge in [-0.25, -0.2) is 4.98 Å². The largest absolute Gasteiger partial charge is 0.353 e. The average Bonchev–Trinajstić information content (AvgIpc) is 3.20. The second-order valence-electron chi connectivity index (χ2n) is 9.27. The number of hydrogen-bond donors (Lipinski definition) is 0. The molecule has 4 heteroatoms. The van der Waals surface area contributed by atoms with Crippen molar-refractivity contribution in [1.82, 2.24) is 14.9 Å². The van der Waals surface area contributed by atoms with Gasteiger partial charge in [-0.3, -0.25) is 9.88 Å². The maximum atomic E-state index is 4.83. The molecule has 0 saturated carbocycles. The van der Waals surface area contributed by atoms with Crippen molar-refractivity contribution in [2.24, 2.45) is 0 Å². The molecule has 3 aromatic carbocycles. The van der Waals surface area contributed by atoms with Crippen LogP contribution < -0.4 is 4.90 Å². The minimum atomic E-state index is 0.556. The third-order valence-corrected chi connectivity index (χ3v) is 7.31. The molecular weight excluding hydrogens is 404 g/mol. The average molecular weight is 435 g/mol. The number of rotatable bonds is 6. The summed E-state index contributed by atoms with van der Waals surface area (Å²) < 4.78 is 0. The minimum Gasteiger partial charge on any atom is -0.353 e. The molecule has 1 saturated heterocycles. The molecule has 2 heterocycles. The fourth-order valence-electron chi connectivity index (χ4n) is 5.56. The van der Waals surface area contributed by atoms with Crippen LogP contribution in [0, 0.1) is 0 Å². The van der Waals surface area contributed by atoms with E-state index in [2.05, 4.69) is 63.3 Å². The Kier molecular flexibility index (Phi) is 5.53. The van der Waals surface area contributed by atoms with E-state index in [0.29, 0.717) is 5.92 Å². The number of nitrogens with zero attached hydrogens (tertiary/aromatic N) is 4. The third kappa shape index (κ3) is 4.00. The fraction of sp³-hybridized carbons (Fsp3) is 0.310. The summed E-state index contributed by atoms with van der Waals surface area (Å²) >= 11 is 0. The van der Waals surface area contributed by atoms with Crippen LogP contribution in [0.1, 0.15) is 36.3 Å². The van der Waals surface area contributed by atoms with Gasteiger partial charge in [-0.05, 0) is 53.8 Å². The molecule has 0 radical (unpaired) electrons. The Balaban J connectivity index is 1.01. The van der Waals surface area contributed by atoms with E-state index in [-0.39, 0.29) is 0 Å². The maximum absolute atomic E-state index is 4.83. The van der Waals surface area contributed by atoms with E-state index in [1.54, 1.807) is 0 Å². The topological polar surface area (TPSA) is 32.3 Å². The zero-order chi connectivity index (χ0) is 22.0. The van der Waals surface area contributed by atoms with E-state index in [9.17, 15) is 0 Å². The van der Waals surface area contributed by atoms with Gasteiger partial charge < -0.3 is 4.90 Å². The first-order valence-corrected chi connectivity index (χ1v) is 12.2. The number of fused-ring (bicyclic) bond motifs is 4. The highest BCUT2D eigenvalue weighted by atomic mass is 15.3. The summed E-state index contributed by atoms with van der Waals surface area (Å²) in [6.45, 7) is 5.44. The highest BCUT2D eigenvalue weighted by Crippen LogP contribution is 2.46. The third-order valence-electron chi connectivity index (χ3n) is 7.31. The van der Waals surface area contributed by atoms with Crippen molar-refractivity contribution in [3.63, 3.8) is 0 Å². The number of unbranched alkanes of at least 4 members (excludes halogenated alkanes) is 1. The van der Waals surface area contributed by atoms with E-state index in [4.69, 9.17) is 4.98 Å². The van der Waals surface area contributed by atoms with Crippen LogP contribution in [0.15, 0.2) is 79.0 Å². The lowest BCUT2D eigenvalue weighted by molar-refractivity contribution is 0.251. The van der Waals surface area contributed by atoms with Gasteiger partial charge in [0.1, 0.15) is 5.82 Å². The van der Waals surface area contributed by atoms with Gasteiger partial charge >= 0.3 is 0 Å². The van der Waals surface area contributed by atoms with Gasteiger partial charge in [-0.2, -0.15) is 0 Å². The van der Waals surface area contributed by atoms with Crippen molar-refractivity contribution in [3.05, 3.63) is 90.1 Å². The summed E-state index contributed by atoms with van der Waals surface area (Å²) in [5.74, 6) is 1.56. The zero-order valence-electron chi connectivity index (χ0n) is 19.0. The number of piperazine rings is 1. The van der Waals surface area contributed by atoms with Crippen LogP contribution in [0.3, 0.4) is 0 Å². The maximum Gasteiger partial charge on any atom is 0.147 e. The lowest BCUT2D eigenvalue weighted by Crippen LogP contribution is -2.47. The fourth-order valence-corrected chi connectivity index (χ4v) is 5.56. The molecule has 4 nitrogen and oxygen atoms in total. The second kappa shape index (κ2) is 8.95. The smallest absolute Gasteiger partial charge is 0.147 e. The first-order valence-electron chi connectivity index (χ1n) is 12.2. The lowest BCUT2D eigenvalue weighted by atomic mass is 9.91. The Morgan fingerprint density at radius 3 is 2.06 bits per heavy atom. The molecule has 166 valence electrons. The number of para-hydroxylation sites is 2. The Morgan fingerprint density at radius 2 is 1.33 bits per heavy atom. The molecule has 1 fully saturated rings. The molecule has 0 amide bonds. The van der Waals surface area contributed by atoms with E-state index in [1.807, 2.05) is 30.5 Å². The summed E-state index contributed by atoms with van der Waals surface area (Å²) in [6.07, 6.45) is 5.69. The monoisotopic (exact) mass is 434 g/mol. The Morgan fingerprint density at radius 1 is 0.697 bits per heavy atom. The van der Waals surface area contributed by atoms with Crippen molar-refractivity contribution in [1.29, 1.82) is 0 Å². The molecule has 0 N–H and O–H groups in total. The van der Waals surface area contributed by atoms with Crippen LogP contribution in [-0.2, 0) is 0 Å². The highest BCUT2D eigenvalue weighted by molar-refractivity contribution is 5.78. The van der Waals surface area contributed by atoms with Gasteiger partial charge in [0.25, 0.3) is 0 Å². The van der Waals surface area contributed by atoms with E-state index < -0.39 is 0 Å². The summed E-state index contributed by atoms with van der Waals surface area (Å²) in [5.41, 5.74) is 7.85. The van der Waals surface area contributed by atoms with Crippen LogP contribution in [0.5, 0.6) is 0 Å². The Hall–Kier alpha value is -3.24. The molecule has 0 unspecified atom stereocenters. The summed E-state index contributed by atoms with van der Waals surface area (Å²) in [7, 11) is 0. The zero-order valence-corrected chi connectivity index (χ0v) is 19.0. The number of hydrogen-bond acceptors (Lipinski definition) is 4. The van der Waals surface area contributed by atoms with Crippen molar-refractivity contribution >= 4 is 16.9 Å². The Bertz CT molecular complexity index is 1210. The minimum absolute atomic E-state index is 0.556. The van der Waals surface area contributed by atoms with Crippen LogP contribution in [0.25, 0.3) is 22.2 Å². The van der Waals surface area contributed by atoms with Gasteiger partial charge in [-0.1, -0.05) is 67.1 Å². The standard InChI is InChI=1S/C29H30N4/c1-3-11-24-22(9-1)23-10-2-4-12-25(23)26(24)13-7-8-16-32-17-19-33(20-18-32)29-21-30-27-14-5-6-15-28(27)31-29/h1-6,9-12,14-15,21,26H,7-8,13,16-20H2. The first kappa shape index (κ1) is 20.4. The van der Waals surface area contributed by atoms with Gasteiger partial charge in [-0.15, -0.1) is 0 Å². The van der Waals surface area contributed by atoms with Crippen molar-refractivity contribution in [2.45, 2.75) is 25.2 Å². The molecule has 1 aliphatic heterocycles. The first-order chi connectivity index (χ1) is 16.4. The lowest BCUT2D eigenvalue weighted by Gasteiger charge is -2.35. The van der Waals surface area contributed by atoms with Crippen LogP contribution >= 0.6 is 0 Å². The molecule has 1 aliphatic carbocycles. The van der Waals surface area contributed by atoms with E-state index in [0.717, 1.165) is 43.0 Å². The van der Waals surface area contributed by atoms with Crippen molar-refractivity contribution < 1.29 is 0 Å². The summed E-state index contributed by atoms with van der Waals surface area (Å²) in [5, 5.41) is 0. The quantitative estimate of drug-likeness (QED) is 0.363. The molecule has 33 heavy (non-hydrogen) atoms. The van der Waals surface area contributed by atoms with Gasteiger partial charge in [0.2, 0.25) is 0 Å². The Labute approximate surface area is 195 Å². The van der Waals surface area contributed by atoms with E-state index in [1.165, 1.54) is 48.1 Å². The van der Waals surface area contributed by atoms with Crippen LogP contribution in [-0.4, -0.2) is 47.6 Å². The van der Waals surface area contributed by atoms with Gasteiger partial charge in [0, 0.05) is 32.1 Å². The van der Waals surface area contributed by atoms with Gasteiger partial charge in [0.15, 0.2) is 0 Å². The SMILES string of the molecule is c1ccc2c(c1)-c1ccccc1C2CCCCN1CCN(c2cnc3ccccc3n2)CC1. The van der Waals surface area contributed by atoms with Crippen molar-refractivity contribution in [3.8, 4) is 11.1 Å². The number of benzene rings is 3. The van der Waals surface area contributed by atoms with Crippen LogP contribution in [0.2, 0.25) is 0 Å². The molecule has 2 aliphatic rings. The normalized spacial score (nSPS) is 16.2. The molecule has 6 rings (SSSR count). The molecule has 0 atom stereocenters. The molecule has 0 bridgehead atoms. The second-order valence-corrected chi connectivity index (χ2v) is 9.27. The van der Waals surface area contributed by atoms with Gasteiger partial charge in [0.05, 0.1) is 17.2 Å². The van der Waals surface area contributed by atoms with Crippen molar-refractivity contribution in [2.75, 3.05) is 37.6 Å². The predicted molar refractivity (Wildman–Crippen MR) is 136 cm³/mol. The van der Waals surface area contributed by atoms with Crippen LogP contribution in [0.4, 0.5) is 5.82 Å².